The zero-order valence-corrected chi connectivity index (χ0v) is 35.3. The molecule has 0 unspecified atom stereocenters. The molecule has 16 heteroatoms. The van der Waals surface area contributed by atoms with Crippen molar-refractivity contribution in [3.05, 3.63) is 111 Å². The maximum atomic E-state index is 13.3. The molecule has 0 radical (unpaired) electrons. The van der Waals surface area contributed by atoms with E-state index in [9.17, 15) is 43.8 Å². The molecule has 16 nitrogen and oxygen atoms in total. The first-order valence-corrected chi connectivity index (χ1v) is 20.2. The molecule has 1 aliphatic heterocycles. The van der Waals surface area contributed by atoms with Gasteiger partial charge < -0.3 is 40.6 Å². The number of aromatic hydroxyl groups is 2. The van der Waals surface area contributed by atoms with Gasteiger partial charge in [-0.05, 0) is 99.5 Å². The minimum Gasteiger partial charge on any atom is -0.508 e. The number of imide groups is 1. The predicted octanol–water partition coefficient (Wildman–Crippen LogP) is 5.53. The molecule has 0 bridgehead atoms. The average molecular weight is 850 g/mol. The summed E-state index contributed by atoms with van der Waals surface area (Å²) in [5.41, 5.74) is 2.05. The van der Waals surface area contributed by atoms with Gasteiger partial charge in [-0.25, -0.2) is 4.79 Å². The van der Waals surface area contributed by atoms with Crippen LogP contribution in [0, 0.1) is 12.8 Å². The summed E-state index contributed by atoms with van der Waals surface area (Å²) in [5.74, 6) is -2.97. The Balaban J connectivity index is 1.11. The number of nitrogens with zero attached hydrogens (tertiary/aromatic N) is 1. The number of phenols is 1. The molecule has 6 amide bonds. The second-order valence-corrected chi connectivity index (χ2v) is 15.5. The van der Waals surface area contributed by atoms with E-state index in [-0.39, 0.29) is 77.6 Å². The summed E-state index contributed by atoms with van der Waals surface area (Å²) in [4.78, 5) is 88.9. The molecule has 3 aromatic carbocycles. The van der Waals surface area contributed by atoms with Crippen molar-refractivity contribution in [2.24, 2.45) is 5.92 Å². The normalized spacial score (nSPS) is 12.6. The number of carbonyl (C=O) groups is 6. The fraction of sp³-hybridized carbons (Fsp3) is 0.326. The number of hydrogen-bond donors (Lipinski definition) is 6. The molecule has 0 saturated heterocycles. The molecule has 1 aromatic heterocycles. The van der Waals surface area contributed by atoms with Gasteiger partial charge in [-0.1, -0.05) is 44.1 Å². The molecule has 0 fully saturated rings. The lowest BCUT2D eigenvalue weighted by Crippen LogP contribution is -2.51. The molecule has 1 aliphatic rings. The van der Waals surface area contributed by atoms with Crippen LogP contribution < -0.4 is 31.6 Å². The van der Waals surface area contributed by atoms with E-state index in [1.807, 2.05) is 19.9 Å². The van der Waals surface area contributed by atoms with Gasteiger partial charge >= 0.3 is 5.63 Å². The Morgan fingerprint density at radius 1 is 0.871 bits per heavy atom. The van der Waals surface area contributed by atoms with Crippen LogP contribution in [0.25, 0.3) is 11.0 Å². The van der Waals surface area contributed by atoms with Crippen molar-refractivity contribution in [1.82, 2.24) is 15.5 Å². The highest BCUT2D eigenvalue weighted by Crippen LogP contribution is 2.35. The minimum absolute atomic E-state index is 0.00579. The van der Waals surface area contributed by atoms with Crippen LogP contribution in [0.4, 0.5) is 11.4 Å². The van der Waals surface area contributed by atoms with E-state index in [0.717, 1.165) is 16.0 Å². The number of benzene rings is 3. The largest absolute Gasteiger partial charge is 0.508 e. The van der Waals surface area contributed by atoms with Crippen molar-refractivity contribution < 1.29 is 48.1 Å². The number of ether oxygens (including phenoxy) is 1. The highest BCUT2D eigenvalue weighted by atomic mass is 16.5. The van der Waals surface area contributed by atoms with Crippen molar-refractivity contribution >= 4 is 57.8 Å². The zero-order valence-electron chi connectivity index (χ0n) is 35.3. The highest BCUT2D eigenvalue weighted by Gasteiger charge is 2.26. The van der Waals surface area contributed by atoms with Crippen LogP contribution >= 0.6 is 0 Å². The number of allylic oxidation sites excluding steroid dienone is 2. The number of fused-ring (bicyclic) bond motifs is 1. The van der Waals surface area contributed by atoms with Crippen LogP contribution in [0.15, 0.2) is 87.6 Å². The number of rotatable bonds is 19. The second kappa shape index (κ2) is 20.8. The first-order valence-electron chi connectivity index (χ1n) is 20.2. The quantitative estimate of drug-likeness (QED) is 0.0297. The van der Waals surface area contributed by atoms with Crippen LogP contribution in [0.3, 0.4) is 0 Å². The van der Waals surface area contributed by atoms with Crippen LogP contribution in [-0.4, -0.2) is 69.7 Å². The summed E-state index contributed by atoms with van der Waals surface area (Å²) in [6.45, 7) is 9.09. The number of anilines is 2. The molecular weight excluding hydrogens is 799 g/mol. The van der Waals surface area contributed by atoms with Crippen LogP contribution in [0.1, 0.15) is 80.4 Å². The number of carbonyl (C=O) groups excluding carboxylic acids is 6. The van der Waals surface area contributed by atoms with E-state index in [0.29, 0.717) is 42.7 Å². The molecule has 0 spiro atoms. The molecule has 62 heavy (non-hydrogen) atoms. The first kappa shape index (κ1) is 45.8. The maximum absolute atomic E-state index is 13.3. The average Bonchev–Trinajstić information content (AvgIpc) is 3.56. The minimum atomic E-state index is -0.981. The second-order valence-electron chi connectivity index (χ2n) is 15.5. The van der Waals surface area contributed by atoms with E-state index in [1.54, 1.807) is 50.2 Å². The third-order valence-electron chi connectivity index (χ3n) is 10.1. The summed E-state index contributed by atoms with van der Waals surface area (Å²) in [6.07, 6.45) is 6.72. The SMILES string of the molecule is CC(C)=CCc1cc(C(=O)Nc2c(O)c3ccc(O)c(C)c3oc2=O)ccc1OCc1ccc(NC(=O)CNC(=O)[C@@H](NC(=O)CCCCCN2C(=O)C=CC2=O)C(C)C)cc1. The summed E-state index contributed by atoms with van der Waals surface area (Å²) in [5, 5.41) is 31.5. The van der Waals surface area contributed by atoms with Gasteiger partial charge in [0.05, 0.1) is 11.9 Å². The van der Waals surface area contributed by atoms with Gasteiger partial charge in [0, 0.05) is 41.9 Å². The molecule has 0 aliphatic carbocycles. The van der Waals surface area contributed by atoms with Crippen molar-refractivity contribution in [3.8, 4) is 17.2 Å². The summed E-state index contributed by atoms with van der Waals surface area (Å²) in [6, 6.07) is 13.6. The van der Waals surface area contributed by atoms with Crippen LogP contribution in [-0.2, 0) is 37.0 Å². The number of amides is 6. The Morgan fingerprint density at radius 3 is 2.26 bits per heavy atom. The zero-order chi connectivity index (χ0) is 45.1. The van der Waals surface area contributed by atoms with Crippen molar-refractivity contribution in [3.63, 3.8) is 0 Å². The lowest BCUT2D eigenvalue weighted by Gasteiger charge is -2.21. The molecule has 4 aromatic rings. The van der Waals surface area contributed by atoms with Gasteiger partial charge in [0.25, 0.3) is 17.7 Å². The third kappa shape index (κ3) is 12.0. The standard InChI is InChI=1S/C46H51N5O11/c1-26(2)10-13-30-23-31(44(58)50-41-42(57)33-17-18-34(52)28(5)43(33)62-46(41)60)14-19-35(30)61-25-29-11-15-32(16-12-29)48-37(54)24-47-45(59)40(27(3)4)49-36(53)9-7-6-8-22-51-38(55)20-21-39(51)56/h10-12,14-21,23,27,40,52,57H,6-9,13,22,24-25H2,1-5H3,(H,47,59)(H,48,54)(H,49,53)(H,50,58)/t40-/m0/s1. The molecule has 326 valence electrons. The van der Waals surface area contributed by atoms with Gasteiger partial charge in [0.15, 0.2) is 11.4 Å². The molecule has 6 N–H and O–H groups in total. The smallest absolute Gasteiger partial charge is 0.364 e. The Labute approximate surface area is 358 Å². The highest BCUT2D eigenvalue weighted by molar-refractivity contribution is 6.13. The molecule has 1 atom stereocenters. The molecule has 2 heterocycles. The fourth-order valence-corrected chi connectivity index (χ4v) is 6.50. The van der Waals surface area contributed by atoms with Crippen LogP contribution in [0.5, 0.6) is 17.2 Å². The molecular formula is C46H51N5O11. The lowest BCUT2D eigenvalue weighted by atomic mass is 10.0. The van der Waals surface area contributed by atoms with Gasteiger partial charge in [-0.15, -0.1) is 0 Å². The van der Waals surface area contributed by atoms with Crippen molar-refractivity contribution in [2.75, 3.05) is 23.7 Å². The van der Waals surface area contributed by atoms with Gasteiger partial charge in [0.2, 0.25) is 17.7 Å². The van der Waals surface area contributed by atoms with Gasteiger partial charge in [0.1, 0.15) is 29.7 Å². The van der Waals surface area contributed by atoms with E-state index in [1.165, 1.54) is 37.3 Å². The van der Waals surface area contributed by atoms with E-state index < -0.39 is 40.8 Å². The van der Waals surface area contributed by atoms with E-state index >= 15 is 0 Å². The Bertz CT molecular complexity index is 2470. The van der Waals surface area contributed by atoms with E-state index in [4.69, 9.17) is 9.15 Å². The fourth-order valence-electron chi connectivity index (χ4n) is 6.50. The summed E-state index contributed by atoms with van der Waals surface area (Å²) < 4.78 is 11.5. The first-order chi connectivity index (χ1) is 29.5. The summed E-state index contributed by atoms with van der Waals surface area (Å²) in [7, 11) is 0. The number of phenolic OH excluding ortho intramolecular Hbond substituents is 1. The third-order valence-corrected chi connectivity index (χ3v) is 10.1. The number of unbranched alkanes of at least 4 members (excludes halogenated alkanes) is 2. The maximum Gasteiger partial charge on any atom is 0.364 e. The lowest BCUT2D eigenvalue weighted by molar-refractivity contribution is -0.137. The number of nitrogens with one attached hydrogen (secondary N) is 4. The topological polar surface area (TPSA) is 234 Å². The predicted molar refractivity (Wildman–Crippen MR) is 232 cm³/mol. The van der Waals surface area contributed by atoms with E-state index in [2.05, 4.69) is 21.3 Å². The molecule has 5 rings (SSSR count). The Morgan fingerprint density at radius 2 is 1.58 bits per heavy atom. The number of hydrogen-bond acceptors (Lipinski definition) is 11. The Hall–Kier alpha value is -7.23. The Kier molecular flexibility index (Phi) is 15.4. The van der Waals surface area contributed by atoms with Gasteiger partial charge in [-0.2, -0.15) is 0 Å². The van der Waals surface area contributed by atoms with Crippen LogP contribution in [0.2, 0.25) is 0 Å². The van der Waals surface area contributed by atoms with Crippen molar-refractivity contribution in [1.29, 1.82) is 0 Å². The van der Waals surface area contributed by atoms with Gasteiger partial charge in [-0.3, -0.25) is 33.7 Å². The van der Waals surface area contributed by atoms with Crippen molar-refractivity contribution in [2.45, 2.75) is 79.4 Å². The number of aryl methyl sites for hydroxylation is 1. The monoisotopic (exact) mass is 849 g/mol. The summed E-state index contributed by atoms with van der Waals surface area (Å²) >= 11 is 0. The molecule has 0 saturated carbocycles.